The number of hydrogen-bond donors (Lipinski definition) is 1. The summed E-state index contributed by atoms with van der Waals surface area (Å²) in [4.78, 5) is 1.96. The number of rotatable bonds is 1. The van der Waals surface area contributed by atoms with Crippen molar-refractivity contribution in [2.45, 2.75) is 31.2 Å². The third kappa shape index (κ3) is 2.85. The lowest BCUT2D eigenvalue weighted by Crippen LogP contribution is -2.46. The fraction of sp³-hybridized carbons (Fsp3) is 0.500. The standard InChI is InChI=1S/C16H18F3NO/c17-16(18,19)12-7-9-20(10-8-12)14-6-5-11-3-1-2-4-13(11)15(14)21/h1-6,12,14-15,21H,7-10H2/t14-,15-/m1/s1. The maximum Gasteiger partial charge on any atom is 0.391 e. The molecule has 0 amide bonds. The number of piperidine rings is 1. The summed E-state index contributed by atoms with van der Waals surface area (Å²) in [6.07, 6.45) is -0.693. The van der Waals surface area contributed by atoms with E-state index in [4.69, 9.17) is 0 Å². The van der Waals surface area contributed by atoms with Crippen molar-refractivity contribution in [3.63, 3.8) is 0 Å². The molecule has 0 spiro atoms. The Labute approximate surface area is 121 Å². The highest BCUT2D eigenvalue weighted by Gasteiger charge is 2.42. The Morgan fingerprint density at radius 3 is 2.43 bits per heavy atom. The van der Waals surface area contributed by atoms with Crippen LogP contribution < -0.4 is 0 Å². The second kappa shape index (κ2) is 5.46. The molecule has 1 N–H and O–H groups in total. The first-order valence-corrected chi connectivity index (χ1v) is 7.23. The van der Waals surface area contributed by atoms with Gasteiger partial charge in [0.25, 0.3) is 0 Å². The zero-order chi connectivity index (χ0) is 15.0. The molecule has 0 saturated carbocycles. The van der Waals surface area contributed by atoms with Crippen LogP contribution in [-0.4, -0.2) is 35.3 Å². The molecule has 1 aliphatic carbocycles. The predicted octanol–water partition coefficient (Wildman–Crippen LogP) is 3.39. The Hall–Kier alpha value is -1.33. The van der Waals surface area contributed by atoms with E-state index >= 15 is 0 Å². The van der Waals surface area contributed by atoms with Gasteiger partial charge in [-0.05, 0) is 37.1 Å². The van der Waals surface area contributed by atoms with Gasteiger partial charge in [-0.2, -0.15) is 13.2 Å². The highest BCUT2D eigenvalue weighted by Crippen LogP contribution is 2.37. The molecule has 114 valence electrons. The average Bonchev–Trinajstić information content (AvgIpc) is 2.47. The maximum absolute atomic E-state index is 12.7. The smallest absolute Gasteiger partial charge is 0.386 e. The number of hydrogen-bond acceptors (Lipinski definition) is 2. The molecule has 1 saturated heterocycles. The molecule has 1 heterocycles. The van der Waals surface area contributed by atoms with E-state index in [1.165, 1.54) is 0 Å². The molecule has 2 aliphatic rings. The van der Waals surface area contributed by atoms with Crippen molar-refractivity contribution in [2.75, 3.05) is 13.1 Å². The van der Waals surface area contributed by atoms with Crippen molar-refractivity contribution in [1.29, 1.82) is 0 Å². The van der Waals surface area contributed by atoms with Gasteiger partial charge in [0.05, 0.1) is 18.1 Å². The van der Waals surface area contributed by atoms with Gasteiger partial charge >= 0.3 is 6.18 Å². The summed E-state index contributed by atoms with van der Waals surface area (Å²) in [6, 6.07) is 7.35. The molecule has 1 aromatic rings. The number of nitrogens with zero attached hydrogens (tertiary/aromatic N) is 1. The third-order valence-electron chi connectivity index (χ3n) is 4.53. The van der Waals surface area contributed by atoms with Gasteiger partial charge in [-0.15, -0.1) is 0 Å². The Kier molecular flexibility index (Phi) is 3.80. The minimum Gasteiger partial charge on any atom is -0.386 e. The van der Waals surface area contributed by atoms with Gasteiger partial charge in [0, 0.05) is 0 Å². The van der Waals surface area contributed by atoms with Crippen molar-refractivity contribution in [3.05, 3.63) is 41.5 Å². The third-order valence-corrected chi connectivity index (χ3v) is 4.53. The summed E-state index contributed by atoms with van der Waals surface area (Å²) in [5, 5.41) is 10.5. The van der Waals surface area contributed by atoms with E-state index in [-0.39, 0.29) is 18.9 Å². The molecule has 21 heavy (non-hydrogen) atoms. The highest BCUT2D eigenvalue weighted by molar-refractivity contribution is 5.58. The number of benzene rings is 1. The van der Waals surface area contributed by atoms with Crippen LogP contribution in [0.1, 0.15) is 30.1 Å². The Bertz CT molecular complexity index is 533. The van der Waals surface area contributed by atoms with Crippen LogP contribution in [0, 0.1) is 5.92 Å². The lowest BCUT2D eigenvalue weighted by molar-refractivity contribution is -0.186. The van der Waals surface area contributed by atoms with Gasteiger partial charge < -0.3 is 5.11 Å². The van der Waals surface area contributed by atoms with Crippen LogP contribution in [0.4, 0.5) is 13.2 Å². The molecule has 1 aromatic carbocycles. The summed E-state index contributed by atoms with van der Waals surface area (Å²) in [6.45, 7) is 0.747. The minimum absolute atomic E-state index is 0.113. The van der Waals surface area contributed by atoms with Crippen LogP contribution in [0.5, 0.6) is 0 Å². The first kappa shape index (κ1) is 14.6. The van der Waals surface area contributed by atoms with Crippen LogP contribution in [0.15, 0.2) is 30.3 Å². The van der Waals surface area contributed by atoms with E-state index in [2.05, 4.69) is 0 Å². The summed E-state index contributed by atoms with van der Waals surface area (Å²) < 4.78 is 38.1. The molecule has 3 rings (SSSR count). The average molecular weight is 297 g/mol. The first-order chi connectivity index (χ1) is 9.97. The van der Waals surface area contributed by atoms with Gasteiger partial charge in [0.15, 0.2) is 0 Å². The monoisotopic (exact) mass is 297 g/mol. The topological polar surface area (TPSA) is 23.5 Å². The van der Waals surface area contributed by atoms with E-state index in [0.29, 0.717) is 13.1 Å². The van der Waals surface area contributed by atoms with Crippen molar-refractivity contribution >= 4 is 6.08 Å². The number of aliphatic hydroxyl groups is 1. The van der Waals surface area contributed by atoms with Crippen LogP contribution >= 0.6 is 0 Å². The lowest BCUT2D eigenvalue weighted by Gasteiger charge is -2.40. The maximum atomic E-state index is 12.7. The Morgan fingerprint density at radius 2 is 1.76 bits per heavy atom. The van der Waals surface area contributed by atoms with Crippen molar-refractivity contribution in [1.82, 2.24) is 4.90 Å². The van der Waals surface area contributed by atoms with Crippen molar-refractivity contribution in [3.8, 4) is 0 Å². The molecular weight excluding hydrogens is 279 g/mol. The highest BCUT2D eigenvalue weighted by atomic mass is 19.4. The second-order valence-electron chi connectivity index (χ2n) is 5.78. The van der Waals surface area contributed by atoms with Crippen LogP contribution in [0.25, 0.3) is 6.08 Å². The predicted molar refractivity (Wildman–Crippen MR) is 74.6 cm³/mol. The van der Waals surface area contributed by atoms with E-state index in [1.807, 2.05) is 41.3 Å². The van der Waals surface area contributed by atoms with Gasteiger partial charge in [-0.25, -0.2) is 0 Å². The molecule has 0 aromatic heterocycles. The van der Waals surface area contributed by atoms with Crippen LogP contribution in [0.2, 0.25) is 0 Å². The van der Waals surface area contributed by atoms with Crippen LogP contribution in [-0.2, 0) is 0 Å². The normalized spacial score (nSPS) is 27.6. The Morgan fingerprint density at radius 1 is 1.10 bits per heavy atom. The number of halogens is 3. The zero-order valence-electron chi connectivity index (χ0n) is 11.6. The molecule has 0 bridgehead atoms. The van der Waals surface area contributed by atoms with Gasteiger partial charge in [0.2, 0.25) is 0 Å². The first-order valence-electron chi connectivity index (χ1n) is 7.23. The summed E-state index contributed by atoms with van der Waals surface area (Å²) >= 11 is 0. The van der Waals surface area contributed by atoms with Gasteiger partial charge in [-0.1, -0.05) is 36.4 Å². The van der Waals surface area contributed by atoms with E-state index < -0.39 is 18.2 Å². The fourth-order valence-corrected chi connectivity index (χ4v) is 3.27. The SMILES string of the molecule is O[C@@H]1c2ccccc2C=C[C@H]1N1CCC(C(F)(F)F)CC1. The number of alkyl halides is 3. The molecule has 1 fully saturated rings. The molecular formula is C16H18F3NO. The Balaban J connectivity index is 1.70. The summed E-state index contributed by atoms with van der Waals surface area (Å²) in [5.74, 6) is -1.20. The number of aliphatic hydroxyl groups excluding tert-OH is 1. The lowest BCUT2D eigenvalue weighted by atomic mass is 9.88. The molecule has 5 heteroatoms. The van der Waals surface area contributed by atoms with Crippen molar-refractivity contribution in [2.24, 2.45) is 5.92 Å². The zero-order valence-corrected chi connectivity index (χ0v) is 11.6. The van der Waals surface area contributed by atoms with Crippen molar-refractivity contribution < 1.29 is 18.3 Å². The van der Waals surface area contributed by atoms with E-state index in [1.54, 1.807) is 0 Å². The summed E-state index contributed by atoms with van der Waals surface area (Å²) in [7, 11) is 0. The largest absolute Gasteiger partial charge is 0.391 e. The molecule has 0 radical (unpaired) electrons. The second-order valence-corrected chi connectivity index (χ2v) is 5.78. The molecule has 2 atom stereocenters. The fourth-order valence-electron chi connectivity index (χ4n) is 3.27. The number of fused-ring (bicyclic) bond motifs is 1. The molecule has 0 unspecified atom stereocenters. The van der Waals surface area contributed by atoms with E-state index in [0.717, 1.165) is 11.1 Å². The summed E-state index contributed by atoms with van der Waals surface area (Å²) in [5.41, 5.74) is 1.83. The van der Waals surface area contributed by atoms with E-state index in [9.17, 15) is 18.3 Å². The quantitative estimate of drug-likeness (QED) is 0.859. The van der Waals surface area contributed by atoms with Crippen LogP contribution in [0.3, 0.4) is 0 Å². The van der Waals surface area contributed by atoms with Gasteiger partial charge in [-0.3, -0.25) is 4.90 Å². The minimum atomic E-state index is -4.10. The van der Waals surface area contributed by atoms with Gasteiger partial charge in [0.1, 0.15) is 0 Å². The number of likely N-dealkylation sites (tertiary alicyclic amines) is 1. The molecule has 1 aliphatic heterocycles. The molecule has 2 nitrogen and oxygen atoms in total.